The van der Waals surface area contributed by atoms with E-state index in [1.165, 1.54) is 18.9 Å². The van der Waals surface area contributed by atoms with E-state index in [0.717, 1.165) is 24.7 Å². The van der Waals surface area contributed by atoms with Crippen molar-refractivity contribution in [2.45, 2.75) is 19.4 Å². The Kier molecular flexibility index (Phi) is 8.75. The Morgan fingerprint density at radius 2 is 2.13 bits per heavy atom. The van der Waals surface area contributed by atoms with Crippen LogP contribution in [0.25, 0.3) is 0 Å². The smallest absolute Gasteiger partial charge is 0.193 e. The molecule has 0 aromatic heterocycles. The van der Waals surface area contributed by atoms with Crippen LogP contribution in [0.2, 0.25) is 0 Å². The minimum atomic E-state index is -0.449. The van der Waals surface area contributed by atoms with E-state index in [0.29, 0.717) is 19.1 Å². The van der Waals surface area contributed by atoms with Gasteiger partial charge in [0.25, 0.3) is 0 Å². The standard InChI is InChI=1S/C16H23F2N3O.HI/c1-19-16(21(2)7-8-22-11-12-3-4-12)20-10-13-9-14(17)5-6-15(13)18;/h5-6,9,12H,3-4,7-8,10-11H2,1-2H3,(H,19,20);1H. The van der Waals surface area contributed by atoms with Gasteiger partial charge in [-0.15, -0.1) is 24.0 Å². The van der Waals surface area contributed by atoms with Crippen molar-refractivity contribution in [2.24, 2.45) is 10.9 Å². The van der Waals surface area contributed by atoms with Gasteiger partial charge in [0.1, 0.15) is 11.6 Å². The van der Waals surface area contributed by atoms with Crippen molar-refractivity contribution < 1.29 is 13.5 Å². The third kappa shape index (κ3) is 6.99. The summed E-state index contributed by atoms with van der Waals surface area (Å²) in [5.74, 6) is 0.493. The van der Waals surface area contributed by atoms with Crippen LogP contribution in [0.15, 0.2) is 23.2 Å². The lowest BCUT2D eigenvalue weighted by Gasteiger charge is -2.22. The van der Waals surface area contributed by atoms with Gasteiger partial charge in [0.15, 0.2) is 5.96 Å². The lowest BCUT2D eigenvalue weighted by atomic mass is 10.2. The lowest BCUT2D eigenvalue weighted by molar-refractivity contribution is 0.115. The number of hydrogen-bond acceptors (Lipinski definition) is 2. The van der Waals surface area contributed by atoms with Gasteiger partial charge in [0.2, 0.25) is 0 Å². The normalized spacial score (nSPS) is 14.3. The average molecular weight is 439 g/mol. The second kappa shape index (κ2) is 10.0. The predicted octanol–water partition coefficient (Wildman–Crippen LogP) is 3.02. The second-order valence-electron chi connectivity index (χ2n) is 5.58. The Balaban J connectivity index is 0.00000264. The first-order valence-electron chi connectivity index (χ1n) is 7.53. The number of nitrogens with zero attached hydrogens (tertiary/aromatic N) is 2. The molecule has 1 aliphatic rings. The van der Waals surface area contributed by atoms with E-state index in [1.54, 1.807) is 7.05 Å². The number of guanidine groups is 1. The third-order valence-electron chi connectivity index (χ3n) is 3.64. The first kappa shape index (κ1) is 20.1. The molecule has 23 heavy (non-hydrogen) atoms. The summed E-state index contributed by atoms with van der Waals surface area (Å²) in [6, 6.07) is 3.43. The van der Waals surface area contributed by atoms with Gasteiger partial charge >= 0.3 is 0 Å². The molecule has 130 valence electrons. The van der Waals surface area contributed by atoms with Crippen molar-refractivity contribution in [1.29, 1.82) is 0 Å². The van der Waals surface area contributed by atoms with Crippen LogP contribution in [0.4, 0.5) is 8.78 Å². The van der Waals surface area contributed by atoms with E-state index in [1.807, 2.05) is 11.9 Å². The quantitative estimate of drug-likeness (QED) is 0.307. The van der Waals surface area contributed by atoms with Gasteiger partial charge in [-0.2, -0.15) is 0 Å². The molecule has 0 unspecified atom stereocenters. The second-order valence-corrected chi connectivity index (χ2v) is 5.58. The maximum Gasteiger partial charge on any atom is 0.193 e. The highest BCUT2D eigenvalue weighted by Crippen LogP contribution is 2.28. The van der Waals surface area contributed by atoms with Gasteiger partial charge in [-0.25, -0.2) is 8.78 Å². The summed E-state index contributed by atoms with van der Waals surface area (Å²) >= 11 is 0. The molecule has 0 aliphatic heterocycles. The summed E-state index contributed by atoms with van der Waals surface area (Å²) in [4.78, 5) is 6.05. The van der Waals surface area contributed by atoms with E-state index >= 15 is 0 Å². The van der Waals surface area contributed by atoms with Gasteiger partial charge in [0, 0.05) is 39.4 Å². The van der Waals surface area contributed by atoms with Gasteiger partial charge < -0.3 is 15.0 Å². The summed E-state index contributed by atoms with van der Waals surface area (Å²) in [6.45, 7) is 2.33. The Morgan fingerprint density at radius 3 is 2.78 bits per heavy atom. The number of likely N-dealkylation sites (N-methyl/N-ethyl adjacent to an activating group) is 1. The highest BCUT2D eigenvalue weighted by Gasteiger charge is 2.21. The van der Waals surface area contributed by atoms with Crippen LogP contribution in [0.1, 0.15) is 18.4 Å². The van der Waals surface area contributed by atoms with E-state index < -0.39 is 11.6 Å². The maximum atomic E-state index is 13.6. The van der Waals surface area contributed by atoms with Crippen LogP contribution in [0.5, 0.6) is 0 Å². The molecule has 1 aromatic carbocycles. The van der Waals surface area contributed by atoms with Gasteiger partial charge in [-0.05, 0) is 37.0 Å². The number of rotatable bonds is 7. The zero-order valence-corrected chi connectivity index (χ0v) is 15.8. The van der Waals surface area contributed by atoms with Crippen LogP contribution < -0.4 is 5.32 Å². The third-order valence-corrected chi connectivity index (χ3v) is 3.64. The molecule has 0 radical (unpaired) electrons. The van der Waals surface area contributed by atoms with Gasteiger partial charge in [-0.3, -0.25) is 4.99 Å². The molecule has 1 aliphatic carbocycles. The fraction of sp³-hybridized carbons (Fsp3) is 0.562. The van der Waals surface area contributed by atoms with Crippen LogP contribution in [-0.4, -0.2) is 44.7 Å². The lowest BCUT2D eigenvalue weighted by Crippen LogP contribution is -2.40. The number of aliphatic imine (C=N–C) groups is 1. The Morgan fingerprint density at radius 1 is 1.39 bits per heavy atom. The van der Waals surface area contributed by atoms with Crippen molar-refractivity contribution in [1.82, 2.24) is 10.2 Å². The fourth-order valence-electron chi connectivity index (χ4n) is 2.08. The number of ether oxygens (including phenoxy) is 1. The molecule has 0 heterocycles. The number of benzene rings is 1. The molecule has 2 rings (SSSR count). The van der Waals surface area contributed by atoms with Crippen LogP contribution in [0.3, 0.4) is 0 Å². The maximum absolute atomic E-state index is 13.6. The van der Waals surface area contributed by atoms with Crippen molar-refractivity contribution in [3.8, 4) is 0 Å². The zero-order chi connectivity index (χ0) is 15.9. The topological polar surface area (TPSA) is 36.9 Å². The molecule has 0 bridgehead atoms. The Labute approximate surface area is 153 Å². The van der Waals surface area contributed by atoms with E-state index in [9.17, 15) is 8.78 Å². The summed E-state index contributed by atoms with van der Waals surface area (Å²) in [5.41, 5.74) is 0.277. The van der Waals surface area contributed by atoms with Gasteiger partial charge in [0.05, 0.1) is 6.61 Å². The molecule has 1 N–H and O–H groups in total. The Hall–Kier alpha value is -0.960. The summed E-state index contributed by atoms with van der Waals surface area (Å²) in [7, 11) is 3.55. The molecule has 1 fully saturated rings. The molecule has 0 amide bonds. The number of nitrogens with one attached hydrogen (secondary N) is 1. The van der Waals surface area contributed by atoms with Crippen molar-refractivity contribution >= 4 is 29.9 Å². The molecular weight excluding hydrogens is 415 g/mol. The molecule has 1 aromatic rings. The Bertz CT molecular complexity index is 524. The zero-order valence-electron chi connectivity index (χ0n) is 13.5. The predicted molar refractivity (Wildman–Crippen MR) is 98.1 cm³/mol. The molecular formula is C16H24F2IN3O. The first-order valence-corrected chi connectivity index (χ1v) is 7.53. The number of hydrogen-bond donors (Lipinski definition) is 1. The summed E-state index contributed by atoms with van der Waals surface area (Å²) in [6.07, 6.45) is 2.55. The van der Waals surface area contributed by atoms with Gasteiger partial charge in [-0.1, -0.05) is 0 Å². The molecule has 0 atom stereocenters. The number of halogens is 3. The largest absolute Gasteiger partial charge is 0.379 e. The van der Waals surface area contributed by atoms with E-state index in [4.69, 9.17) is 4.74 Å². The van der Waals surface area contributed by atoms with Crippen molar-refractivity contribution in [3.63, 3.8) is 0 Å². The molecule has 1 saturated carbocycles. The summed E-state index contributed by atoms with van der Waals surface area (Å²) < 4.78 is 32.3. The van der Waals surface area contributed by atoms with Crippen molar-refractivity contribution in [2.75, 3.05) is 33.9 Å². The fourth-order valence-corrected chi connectivity index (χ4v) is 2.08. The SMILES string of the molecule is CN=C(NCc1cc(F)ccc1F)N(C)CCOCC1CC1.I. The van der Waals surface area contributed by atoms with Crippen LogP contribution >= 0.6 is 24.0 Å². The monoisotopic (exact) mass is 439 g/mol. The molecule has 4 nitrogen and oxygen atoms in total. The highest BCUT2D eigenvalue weighted by molar-refractivity contribution is 14.0. The minimum Gasteiger partial charge on any atom is -0.379 e. The summed E-state index contributed by atoms with van der Waals surface area (Å²) in [5, 5.41) is 3.03. The van der Waals surface area contributed by atoms with Crippen LogP contribution in [-0.2, 0) is 11.3 Å². The van der Waals surface area contributed by atoms with E-state index in [-0.39, 0.29) is 36.1 Å². The first-order chi connectivity index (χ1) is 10.6. The van der Waals surface area contributed by atoms with E-state index in [2.05, 4.69) is 10.3 Å². The highest BCUT2D eigenvalue weighted by atomic mass is 127. The van der Waals surface area contributed by atoms with Crippen LogP contribution in [0, 0.1) is 17.6 Å². The average Bonchev–Trinajstić information content (AvgIpc) is 3.32. The minimum absolute atomic E-state index is 0. The molecule has 7 heteroatoms. The van der Waals surface area contributed by atoms with Crippen molar-refractivity contribution in [3.05, 3.63) is 35.4 Å². The molecule has 0 saturated heterocycles. The molecule has 0 spiro atoms.